The maximum atomic E-state index is 9.24. The molecule has 0 radical (unpaired) electrons. The number of hydrogen-bond acceptors (Lipinski definition) is 4. The third kappa shape index (κ3) is 3.75. The second kappa shape index (κ2) is 7.11. The van der Waals surface area contributed by atoms with Gasteiger partial charge in [0.25, 0.3) is 0 Å². The van der Waals surface area contributed by atoms with E-state index in [0.29, 0.717) is 17.1 Å². The van der Waals surface area contributed by atoms with Crippen molar-refractivity contribution in [1.82, 2.24) is 0 Å². The van der Waals surface area contributed by atoms with Crippen LogP contribution in [0.25, 0.3) is 0 Å². The van der Waals surface area contributed by atoms with Gasteiger partial charge >= 0.3 is 0 Å². The molecule has 0 bridgehead atoms. The maximum absolute atomic E-state index is 9.24. The summed E-state index contributed by atoms with van der Waals surface area (Å²) in [6.07, 6.45) is 0. The van der Waals surface area contributed by atoms with Crippen molar-refractivity contribution in [3.8, 4) is 17.6 Å². The number of halogens is 1. The smallest absolute Gasteiger partial charge is 0.125 e. The van der Waals surface area contributed by atoms with E-state index in [1.54, 1.807) is 31.4 Å². The van der Waals surface area contributed by atoms with E-state index >= 15 is 0 Å². The molecule has 0 amide bonds. The van der Waals surface area contributed by atoms with Crippen LogP contribution in [0.5, 0.6) is 11.5 Å². The van der Waals surface area contributed by atoms with E-state index in [4.69, 9.17) is 14.7 Å². The Hall–Kier alpha value is -2.03. The van der Waals surface area contributed by atoms with Crippen molar-refractivity contribution in [3.63, 3.8) is 0 Å². The summed E-state index contributed by atoms with van der Waals surface area (Å²) in [5, 5.41) is 18.2. The third-order valence-corrected chi connectivity index (χ3v) is 3.76. The molecule has 4 nitrogen and oxygen atoms in total. The number of rotatable bonds is 5. The monoisotopic (exact) mass is 347 g/mol. The van der Waals surface area contributed by atoms with Crippen LogP contribution in [-0.4, -0.2) is 12.2 Å². The van der Waals surface area contributed by atoms with Gasteiger partial charge in [-0.3, -0.25) is 0 Å². The first kappa shape index (κ1) is 15.4. The summed E-state index contributed by atoms with van der Waals surface area (Å²) < 4.78 is 11.8. The second-order valence-electron chi connectivity index (χ2n) is 4.34. The molecule has 2 rings (SSSR count). The quantitative estimate of drug-likeness (QED) is 0.900. The third-order valence-electron chi connectivity index (χ3n) is 2.99. The normalized spacial score (nSPS) is 10.0. The largest absolute Gasteiger partial charge is 0.496 e. The van der Waals surface area contributed by atoms with E-state index in [2.05, 4.69) is 22.0 Å². The highest BCUT2D eigenvalue weighted by Gasteiger charge is 2.07. The van der Waals surface area contributed by atoms with Crippen molar-refractivity contribution >= 4 is 15.9 Å². The lowest BCUT2D eigenvalue weighted by Gasteiger charge is -2.11. The molecule has 2 aromatic rings. The van der Waals surface area contributed by atoms with Crippen molar-refractivity contribution < 1.29 is 14.6 Å². The van der Waals surface area contributed by atoms with Gasteiger partial charge in [0.2, 0.25) is 0 Å². The summed E-state index contributed by atoms with van der Waals surface area (Å²) in [6, 6.07) is 12.7. The van der Waals surface area contributed by atoms with Gasteiger partial charge in [-0.2, -0.15) is 5.26 Å². The van der Waals surface area contributed by atoms with E-state index in [0.717, 1.165) is 15.6 Å². The lowest BCUT2D eigenvalue weighted by molar-refractivity contribution is 0.276. The minimum absolute atomic E-state index is 0.0645. The topological polar surface area (TPSA) is 62.5 Å². The Morgan fingerprint density at radius 1 is 1.19 bits per heavy atom. The predicted molar refractivity (Wildman–Crippen MR) is 82.1 cm³/mol. The van der Waals surface area contributed by atoms with Crippen LogP contribution in [0, 0.1) is 11.3 Å². The molecule has 0 spiro atoms. The molecule has 1 N–H and O–H groups in total. The Morgan fingerprint density at radius 3 is 2.67 bits per heavy atom. The SMILES string of the molecule is COc1ccc(C#N)cc1COc1ccc(Br)c(CO)c1. The molecule has 0 aliphatic rings. The highest BCUT2D eigenvalue weighted by Crippen LogP contribution is 2.25. The lowest BCUT2D eigenvalue weighted by atomic mass is 10.1. The van der Waals surface area contributed by atoms with Gasteiger partial charge in [0.15, 0.2) is 0 Å². The zero-order valence-electron chi connectivity index (χ0n) is 11.5. The summed E-state index contributed by atoms with van der Waals surface area (Å²) in [5.41, 5.74) is 2.11. The Morgan fingerprint density at radius 2 is 2.00 bits per heavy atom. The van der Waals surface area contributed by atoms with Crippen molar-refractivity contribution in [2.24, 2.45) is 0 Å². The number of nitrogens with zero attached hydrogens (tertiary/aromatic N) is 1. The van der Waals surface area contributed by atoms with Gasteiger partial charge in [0, 0.05) is 10.0 Å². The minimum Gasteiger partial charge on any atom is -0.496 e. The van der Waals surface area contributed by atoms with Crippen LogP contribution < -0.4 is 9.47 Å². The van der Waals surface area contributed by atoms with Crippen molar-refractivity contribution in [3.05, 3.63) is 57.6 Å². The summed E-state index contributed by atoms with van der Waals surface area (Å²) in [4.78, 5) is 0. The summed E-state index contributed by atoms with van der Waals surface area (Å²) in [6.45, 7) is 0.218. The van der Waals surface area contributed by atoms with Gasteiger partial charge in [-0.1, -0.05) is 15.9 Å². The molecule has 108 valence electrons. The van der Waals surface area contributed by atoms with Crippen LogP contribution >= 0.6 is 15.9 Å². The number of ether oxygens (including phenoxy) is 2. The summed E-state index contributed by atoms with van der Waals surface area (Å²) in [7, 11) is 1.58. The molecule has 5 heteroatoms. The molecule has 0 saturated heterocycles. The predicted octanol–water partition coefficient (Wildman–Crippen LogP) is 3.40. The number of aliphatic hydroxyl groups is 1. The number of aliphatic hydroxyl groups excluding tert-OH is 1. The molecule has 0 fully saturated rings. The first-order valence-electron chi connectivity index (χ1n) is 6.27. The highest BCUT2D eigenvalue weighted by atomic mass is 79.9. The molecule has 0 heterocycles. The van der Waals surface area contributed by atoms with Crippen molar-refractivity contribution in [1.29, 1.82) is 5.26 Å². The fourth-order valence-electron chi connectivity index (χ4n) is 1.88. The maximum Gasteiger partial charge on any atom is 0.125 e. The molecular weight excluding hydrogens is 334 g/mol. The van der Waals surface area contributed by atoms with Crippen molar-refractivity contribution in [2.75, 3.05) is 7.11 Å². The van der Waals surface area contributed by atoms with E-state index in [-0.39, 0.29) is 13.2 Å². The molecular formula is C16H14BrNO3. The average Bonchev–Trinajstić information content (AvgIpc) is 2.53. The number of nitriles is 1. The fraction of sp³-hybridized carbons (Fsp3) is 0.188. The molecule has 0 atom stereocenters. The second-order valence-corrected chi connectivity index (χ2v) is 5.19. The molecule has 21 heavy (non-hydrogen) atoms. The lowest BCUT2D eigenvalue weighted by Crippen LogP contribution is -2.00. The number of benzene rings is 2. The van der Waals surface area contributed by atoms with Crippen LogP contribution in [-0.2, 0) is 13.2 Å². The van der Waals surface area contributed by atoms with Crippen molar-refractivity contribution in [2.45, 2.75) is 13.2 Å². The Bertz CT molecular complexity index is 680. The molecule has 0 aliphatic heterocycles. The summed E-state index contributed by atoms with van der Waals surface area (Å²) in [5.74, 6) is 1.32. The Labute approximate surface area is 131 Å². The minimum atomic E-state index is -0.0645. The number of hydrogen-bond donors (Lipinski definition) is 1. The average molecular weight is 348 g/mol. The van der Waals surface area contributed by atoms with Crippen LogP contribution in [0.1, 0.15) is 16.7 Å². The van der Waals surface area contributed by atoms with Gasteiger partial charge in [-0.15, -0.1) is 0 Å². The highest BCUT2D eigenvalue weighted by molar-refractivity contribution is 9.10. The van der Waals surface area contributed by atoms with Gasteiger partial charge in [0.1, 0.15) is 18.1 Å². The first-order chi connectivity index (χ1) is 10.2. The van der Waals surface area contributed by atoms with Crippen LogP contribution in [0.3, 0.4) is 0 Å². The molecule has 0 aromatic heterocycles. The Balaban J connectivity index is 2.18. The Kier molecular flexibility index (Phi) is 5.20. The van der Waals surface area contributed by atoms with Gasteiger partial charge < -0.3 is 14.6 Å². The molecule has 2 aromatic carbocycles. The number of methoxy groups -OCH3 is 1. The molecule has 0 aliphatic carbocycles. The standard InChI is InChI=1S/C16H14BrNO3/c1-20-16-5-2-11(8-18)6-13(16)10-21-14-3-4-15(17)12(7-14)9-19/h2-7,19H,9-10H2,1H3. The molecule has 0 saturated carbocycles. The van der Waals surface area contributed by atoms with Crippen LogP contribution in [0.4, 0.5) is 0 Å². The zero-order chi connectivity index (χ0) is 15.2. The van der Waals surface area contributed by atoms with E-state index < -0.39 is 0 Å². The van der Waals surface area contributed by atoms with E-state index in [9.17, 15) is 5.11 Å². The van der Waals surface area contributed by atoms with E-state index in [1.807, 2.05) is 12.1 Å². The zero-order valence-corrected chi connectivity index (χ0v) is 13.1. The van der Waals surface area contributed by atoms with Gasteiger partial charge in [-0.25, -0.2) is 0 Å². The molecule has 0 unspecified atom stereocenters. The first-order valence-corrected chi connectivity index (χ1v) is 7.06. The summed E-state index contributed by atoms with van der Waals surface area (Å²) >= 11 is 3.36. The fourth-order valence-corrected chi connectivity index (χ4v) is 2.26. The van der Waals surface area contributed by atoms with E-state index in [1.165, 1.54) is 0 Å². The van der Waals surface area contributed by atoms with Crippen LogP contribution in [0.2, 0.25) is 0 Å². The van der Waals surface area contributed by atoms with Crippen LogP contribution in [0.15, 0.2) is 40.9 Å². The van der Waals surface area contributed by atoms with Gasteiger partial charge in [-0.05, 0) is 42.0 Å². The van der Waals surface area contributed by atoms with Gasteiger partial charge in [0.05, 0.1) is 25.3 Å².